The number of nitrogens with zero attached hydrogens (tertiary/aromatic N) is 1. The van der Waals surface area contributed by atoms with Crippen molar-refractivity contribution >= 4 is 22.5 Å². The van der Waals surface area contributed by atoms with Crippen LogP contribution in [-0.2, 0) is 11.3 Å². The van der Waals surface area contributed by atoms with Gasteiger partial charge in [-0.3, -0.25) is 9.59 Å². The van der Waals surface area contributed by atoms with Crippen LogP contribution < -0.4 is 15.6 Å². The number of ether oxygens (including phenoxy) is 1. The Labute approximate surface area is 174 Å². The van der Waals surface area contributed by atoms with Crippen LogP contribution >= 0.6 is 0 Å². The zero-order valence-electron chi connectivity index (χ0n) is 17.2. The van der Waals surface area contributed by atoms with E-state index >= 15 is 0 Å². The molecule has 30 heavy (non-hydrogen) atoms. The number of anilines is 1. The van der Waals surface area contributed by atoms with Gasteiger partial charge in [0, 0.05) is 29.8 Å². The highest BCUT2D eigenvalue weighted by Gasteiger charge is 2.24. The monoisotopic (exact) mass is 408 g/mol. The molecule has 0 radical (unpaired) electrons. The first-order valence-corrected chi connectivity index (χ1v) is 10.3. The second-order valence-electron chi connectivity index (χ2n) is 8.17. The summed E-state index contributed by atoms with van der Waals surface area (Å²) in [6, 6.07) is 13.0. The molecule has 1 fully saturated rings. The van der Waals surface area contributed by atoms with Gasteiger partial charge in [-0.05, 0) is 60.6 Å². The summed E-state index contributed by atoms with van der Waals surface area (Å²) in [6.45, 7) is 4.64. The van der Waals surface area contributed by atoms with Crippen LogP contribution in [0.15, 0.2) is 53.3 Å². The van der Waals surface area contributed by atoms with Crippen LogP contribution in [0.2, 0.25) is 0 Å². The van der Waals surface area contributed by atoms with Gasteiger partial charge in [0.05, 0.1) is 5.52 Å². The number of amides is 1. The number of benzene rings is 2. The van der Waals surface area contributed by atoms with E-state index in [0.29, 0.717) is 23.9 Å². The first-order chi connectivity index (χ1) is 14.4. The standard InChI is InChI=1S/C24H25FN2O3/c1-15(2)21-12-24(29)27(13-16-6-7-16)22-11-19(8-9-20(21)22)30-14-23(28)26-18-5-3-4-17(25)10-18/h3-5,8-12,15-16H,6-7,13-14H2,1-2H3,(H,26,28). The van der Waals surface area contributed by atoms with Gasteiger partial charge in [0.2, 0.25) is 0 Å². The molecule has 3 aromatic rings. The molecule has 1 aliphatic carbocycles. The fourth-order valence-electron chi connectivity index (χ4n) is 3.61. The third-order valence-electron chi connectivity index (χ3n) is 5.35. The molecular formula is C24H25FN2O3. The summed E-state index contributed by atoms with van der Waals surface area (Å²) in [7, 11) is 0. The zero-order chi connectivity index (χ0) is 21.3. The van der Waals surface area contributed by atoms with Crippen LogP contribution in [-0.4, -0.2) is 17.1 Å². The quantitative estimate of drug-likeness (QED) is 0.617. The van der Waals surface area contributed by atoms with Crippen LogP contribution in [0.25, 0.3) is 10.9 Å². The van der Waals surface area contributed by atoms with Crippen molar-refractivity contribution in [1.82, 2.24) is 4.57 Å². The van der Waals surface area contributed by atoms with Gasteiger partial charge >= 0.3 is 0 Å². The minimum atomic E-state index is -0.419. The van der Waals surface area contributed by atoms with Gasteiger partial charge < -0.3 is 14.6 Å². The van der Waals surface area contributed by atoms with Crippen molar-refractivity contribution in [3.63, 3.8) is 0 Å². The lowest BCUT2D eigenvalue weighted by Gasteiger charge is -2.16. The summed E-state index contributed by atoms with van der Waals surface area (Å²) in [6.07, 6.45) is 2.30. The van der Waals surface area contributed by atoms with Crippen LogP contribution in [0.1, 0.15) is 38.2 Å². The predicted octanol–water partition coefficient (Wildman–Crippen LogP) is 4.69. The van der Waals surface area contributed by atoms with Crippen molar-refractivity contribution in [2.45, 2.75) is 39.2 Å². The summed E-state index contributed by atoms with van der Waals surface area (Å²) in [5.41, 5.74) is 2.22. The highest BCUT2D eigenvalue weighted by molar-refractivity contribution is 5.92. The minimum absolute atomic E-state index is 0.000836. The van der Waals surface area contributed by atoms with E-state index in [1.54, 1.807) is 12.1 Å². The number of carbonyl (C=O) groups is 1. The van der Waals surface area contributed by atoms with Gasteiger partial charge in [-0.2, -0.15) is 0 Å². The van der Waals surface area contributed by atoms with Gasteiger partial charge in [0.1, 0.15) is 11.6 Å². The van der Waals surface area contributed by atoms with Gasteiger partial charge in [-0.25, -0.2) is 4.39 Å². The molecule has 0 saturated heterocycles. The molecule has 1 heterocycles. The second kappa shape index (κ2) is 8.30. The molecule has 0 aliphatic heterocycles. The van der Waals surface area contributed by atoms with E-state index in [0.717, 1.165) is 29.3 Å². The molecule has 1 N–H and O–H groups in total. The highest BCUT2D eigenvalue weighted by atomic mass is 19.1. The highest BCUT2D eigenvalue weighted by Crippen LogP contribution is 2.33. The second-order valence-corrected chi connectivity index (χ2v) is 8.17. The smallest absolute Gasteiger partial charge is 0.262 e. The fourth-order valence-corrected chi connectivity index (χ4v) is 3.61. The molecule has 2 aromatic carbocycles. The van der Waals surface area contributed by atoms with Crippen molar-refractivity contribution in [2.24, 2.45) is 5.92 Å². The first-order valence-electron chi connectivity index (χ1n) is 10.3. The van der Waals surface area contributed by atoms with Crippen molar-refractivity contribution in [1.29, 1.82) is 0 Å². The van der Waals surface area contributed by atoms with E-state index in [2.05, 4.69) is 19.2 Å². The average Bonchev–Trinajstić information content (AvgIpc) is 3.52. The summed E-state index contributed by atoms with van der Waals surface area (Å²) < 4.78 is 20.8. The number of hydrogen-bond acceptors (Lipinski definition) is 3. The third-order valence-corrected chi connectivity index (χ3v) is 5.35. The Bertz CT molecular complexity index is 1150. The lowest BCUT2D eigenvalue weighted by Crippen LogP contribution is -2.22. The maximum absolute atomic E-state index is 13.3. The minimum Gasteiger partial charge on any atom is -0.484 e. The molecule has 1 amide bonds. The lowest BCUT2D eigenvalue weighted by atomic mass is 9.98. The molecule has 0 atom stereocenters. The molecule has 0 unspecified atom stereocenters. The Hall–Kier alpha value is -3.15. The van der Waals surface area contributed by atoms with E-state index in [4.69, 9.17) is 4.74 Å². The Kier molecular flexibility index (Phi) is 5.57. The van der Waals surface area contributed by atoms with E-state index < -0.39 is 5.82 Å². The number of aromatic nitrogens is 1. The molecule has 0 spiro atoms. The average molecular weight is 408 g/mol. The summed E-state index contributed by atoms with van der Waals surface area (Å²) in [4.78, 5) is 24.9. The summed E-state index contributed by atoms with van der Waals surface area (Å²) in [5.74, 6) is 0.489. The Balaban J connectivity index is 1.57. The maximum Gasteiger partial charge on any atom is 0.262 e. The van der Waals surface area contributed by atoms with Crippen molar-refractivity contribution < 1.29 is 13.9 Å². The number of rotatable bonds is 7. The first kappa shape index (κ1) is 20.1. The van der Waals surface area contributed by atoms with E-state index in [-0.39, 0.29) is 24.0 Å². The van der Waals surface area contributed by atoms with Gasteiger partial charge in [0.25, 0.3) is 11.5 Å². The van der Waals surface area contributed by atoms with Crippen molar-refractivity contribution in [3.8, 4) is 5.75 Å². The predicted molar refractivity (Wildman–Crippen MR) is 116 cm³/mol. The van der Waals surface area contributed by atoms with Crippen molar-refractivity contribution in [2.75, 3.05) is 11.9 Å². The van der Waals surface area contributed by atoms with Crippen LogP contribution in [0.3, 0.4) is 0 Å². The molecule has 5 nitrogen and oxygen atoms in total. The Morgan fingerprint density at radius 1 is 1.20 bits per heavy atom. The lowest BCUT2D eigenvalue weighted by molar-refractivity contribution is -0.118. The summed E-state index contributed by atoms with van der Waals surface area (Å²) >= 11 is 0. The number of hydrogen-bond donors (Lipinski definition) is 1. The molecular weight excluding hydrogens is 383 g/mol. The van der Waals surface area contributed by atoms with Gasteiger partial charge in [-0.15, -0.1) is 0 Å². The Morgan fingerprint density at radius 3 is 2.70 bits per heavy atom. The molecule has 156 valence electrons. The summed E-state index contributed by atoms with van der Waals surface area (Å²) in [5, 5.41) is 3.64. The number of pyridine rings is 1. The van der Waals surface area contributed by atoms with E-state index in [9.17, 15) is 14.0 Å². The van der Waals surface area contributed by atoms with Crippen molar-refractivity contribution in [3.05, 3.63) is 70.3 Å². The van der Waals surface area contributed by atoms with Gasteiger partial charge in [0.15, 0.2) is 6.61 Å². The third kappa shape index (κ3) is 4.53. The van der Waals surface area contributed by atoms with Crippen LogP contribution in [0, 0.1) is 11.7 Å². The van der Waals surface area contributed by atoms with E-state index in [1.165, 1.54) is 18.2 Å². The number of carbonyl (C=O) groups excluding carboxylic acids is 1. The normalized spacial score (nSPS) is 13.6. The van der Waals surface area contributed by atoms with Crippen LogP contribution in [0.5, 0.6) is 5.75 Å². The number of fused-ring (bicyclic) bond motifs is 1. The molecule has 1 saturated carbocycles. The maximum atomic E-state index is 13.3. The molecule has 6 heteroatoms. The number of halogens is 1. The molecule has 4 rings (SSSR count). The Morgan fingerprint density at radius 2 is 2.00 bits per heavy atom. The largest absolute Gasteiger partial charge is 0.484 e. The molecule has 1 aliphatic rings. The SMILES string of the molecule is CC(C)c1cc(=O)n(CC2CC2)c2cc(OCC(=O)Nc3cccc(F)c3)ccc12. The number of nitrogens with one attached hydrogen (secondary N) is 1. The molecule has 0 bridgehead atoms. The zero-order valence-corrected chi connectivity index (χ0v) is 17.2. The van der Waals surface area contributed by atoms with Gasteiger partial charge in [-0.1, -0.05) is 19.9 Å². The van der Waals surface area contributed by atoms with E-state index in [1.807, 2.05) is 22.8 Å². The van der Waals surface area contributed by atoms with Crippen LogP contribution in [0.4, 0.5) is 10.1 Å². The topological polar surface area (TPSA) is 60.3 Å². The fraction of sp³-hybridized carbons (Fsp3) is 0.333. The molecule has 1 aromatic heterocycles.